The summed E-state index contributed by atoms with van der Waals surface area (Å²) in [7, 11) is 0. The lowest BCUT2D eigenvalue weighted by molar-refractivity contribution is 0.484. The van der Waals surface area contributed by atoms with Crippen LogP contribution >= 0.6 is 0 Å². The molecule has 2 heterocycles. The van der Waals surface area contributed by atoms with Crippen molar-refractivity contribution in [3.63, 3.8) is 0 Å². The van der Waals surface area contributed by atoms with E-state index >= 15 is 0 Å². The Hall–Kier alpha value is -3.77. The first-order chi connectivity index (χ1) is 15.9. The third kappa shape index (κ3) is 2.81. The number of benzene rings is 4. The first-order valence-electron chi connectivity index (χ1n) is 11.5. The molecule has 0 unspecified atom stereocenters. The van der Waals surface area contributed by atoms with Crippen molar-refractivity contribution in [1.29, 1.82) is 5.26 Å². The SMILES string of the molecule is Cc1ccc2c(c1)B1c3ccc(-c4cccc(C#N)c4)cc3C(C)(C)c3c(C)ccc(c31)O2. The van der Waals surface area contributed by atoms with Crippen molar-refractivity contribution in [3.05, 3.63) is 101 Å². The van der Waals surface area contributed by atoms with Gasteiger partial charge in [-0.05, 0) is 76.9 Å². The van der Waals surface area contributed by atoms with Gasteiger partial charge in [-0.1, -0.05) is 73.4 Å². The van der Waals surface area contributed by atoms with E-state index in [-0.39, 0.29) is 12.1 Å². The Balaban J connectivity index is 1.65. The fraction of sp³-hybridized carbons (Fsp3) is 0.167. The highest BCUT2D eigenvalue weighted by atomic mass is 16.5. The molecule has 6 rings (SSSR count). The molecule has 2 aliphatic rings. The Morgan fingerprint density at radius 2 is 1.61 bits per heavy atom. The van der Waals surface area contributed by atoms with Gasteiger partial charge in [-0.25, -0.2) is 0 Å². The molecule has 0 radical (unpaired) electrons. The van der Waals surface area contributed by atoms with Crippen molar-refractivity contribution in [3.8, 4) is 28.7 Å². The van der Waals surface area contributed by atoms with Crippen molar-refractivity contribution in [1.82, 2.24) is 0 Å². The van der Waals surface area contributed by atoms with E-state index in [2.05, 4.69) is 88.4 Å². The summed E-state index contributed by atoms with van der Waals surface area (Å²) in [6, 6.07) is 27.8. The van der Waals surface area contributed by atoms with Crippen LogP contribution in [0.2, 0.25) is 0 Å². The van der Waals surface area contributed by atoms with Crippen molar-refractivity contribution < 1.29 is 4.74 Å². The fourth-order valence-corrected chi connectivity index (χ4v) is 5.93. The van der Waals surface area contributed by atoms with Crippen LogP contribution in [0.1, 0.15) is 41.7 Å². The largest absolute Gasteiger partial charge is 0.458 e. The van der Waals surface area contributed by atoms with E-state index in [1.807, 2.05) is 18.2 Å². The summed E-state index contributed by atoms with van der Waals surface area (Å²) in [6.07, 6.45) is 0. The minimum atomic E-state index is -0.172. The van der Waals surface area contributed by atoms with E-state index < -0.39 is 0 Å². The van der Waals surface area contributed by atoms with Gasteiger partial charge in [-0.2, -0.15) is 5.26 Å². The normalized spacial score (nSPS) is 14.5. The predicted octanol–water partition coefficient (Wildman–Crippen LogP) is 5.10. The third-order valence-electron chi connectivity index (χ3n) is 7.39. The van der Waals surface area contributed by atoms with Gasteiger partial charge in [0, 0.05) is 5.41 Å². The molecular weight excluding hydrogens is 401 g/mol. The molecule has 0 aromatic heterocycles. The molecular formula is C30H24BNO. The molecule has 0 N–H and O–H groups in total. The average Bonchev–Trinajstić information content (AvgIpc) is 2.82. The highest BCUT2D eigenvalue weighted by Gasteiger charge is 2.45. The van der Waals surface area contributed by atoms with Crippen LogP contribution in [-0.4, -0.2) is 6.71 Å². The van der Waals surface area contributed by atoms with Gasteiger partial charge in [-0.3, -0.25) is 0 Å². The Labute approximate surface area is 195 Å². The molecule has 0 saturated carbocycles. The van der Waals surface area contributed by atoms with Gasteiger partial charge in [0.1, 0.15) is 11.5 Å². The topological polar surface area (TPSA) is 33.0 Å². The van der Waals surface area contributed by atoms with E-state index in [0.717, 1.165) is 22.6 Å². The zero-order valence-electron chi connectivity index (χ0n) is 19.4. The molecule has 33 heavy (non-hydrogen) atoms. The van der Waals surface area contributed by atoms with Crippen molar-refractivity contribution >= 4 is 23.1 Å². The van der Waals surface area contributed by atoms with Crippen LogP contribution in [0.3, 0.4) is 0 Å². The number of nitrogens with zero attached hydrogens (tertiary/aromatic N) is 1. The van der Waals surface area contributed by atoms with Crippen molar-refractivity contribution in [2.24, 2.45) is 0 Å². The smallest absolute Gasteiger partial charge is 0.251 e. The maximum absolute atomic E-state index is 9.38. The van der Waals surface area contributed by atoms with Crippen LogP contribution in [0.15, 0.2) is 72.8 Å². The molecule has 158 valence electrons. The summed E-state index contributed by atoms with van der Waals surface area (Å²) in [4.78, 5) is 0. The van der Waals surface area contributed by atoms with E-state index in [9.17, 15) is 5.26 Å². The van der Waals surface area contributed by atoms with Gasteiger partial charge in [0.2, 0.25) is 0 Å². The first-order valence-corrected chi connectivity index (χ1v) is 11.5. The van der Waals surface area contributed by atoms with E-state index in [4.69, 9.17) is 4.74 Å². The Morgan fingerprint density at radius 3 is 2.42 bits per heavy atom. The van der Waals surface area contributed by atoms with Gasteiger partial charge < -0.3 is 4.74 Å². The lowest BCUT2D eigenvalue weighted by Crippen LogP contribution is -2.62. The second-order valence-corrected chi connectivity index (χ2v) is 9.87. The molecule has 2 aliphatic heterocycles. The molecule has 0 amide bonds. The summed E-state index contributed by atoms with van der Waals surface area (Å²) in [5.41, 5.74) is 11.9. The van der Waals surface area contributed by atoms with Crippen LogP contribution in [0.5, 0.6) is 11.5 Å². The highest BCUT2D eigenvalue weighted by molar-refractivity contribution is 6.98. The number of hydrogen-bond donors (Lipinski definition) is 0. The van der Waals surface area contributed by atoms with E-state index in [0.29, 0.717) is 5.56 Å². The van der Waals surface area contributed by atoms with Crippen LogP contribution in [0.4, 0.5) is 0 Å². The fourth-order valence-electron chi connectivity index (χ4n) is 5.93. The number of nitriles is 1. The number of rotatable bonds is 1. The zero-order chi connectivity index (χ0) is 22.9. The average molecular weight is 425 g/mol. The minimum absolute atomic E-state index is 0.154. The van der Waals surface area contributed by atoms with Crippen LogP contribution in [0.25, 0.3) is 11.1 Å². The number of ether oxygens (including phenoxy) is 1. The van der Waals surface area contributed by atoms with Gasteiger partial charge in [0.25, 0.3) is 6.71 Å². The quantitative estimate of drug-likeness (QED) is 0.350. The van der Waals surface area contributed by atoms with Gasteiger partial charge in [0.15, 0.2) is 0 Å². The lowest BCUT2D eigenvalue weighted by Gasteiger charge is -2.42. The molecule has 2 nitrogen and oxygen atoms in total. The maximum Gasteiger partial charge on any atom is 0.251 e. The molecule has 0 spiro atoms. The van der Waals surface area contributed by atoms with Gasteiger partial charge >= 0.3 is 0 Å². The second-order valence-electron chi connectivity index (χ2n) is 9.87. The van der Waals surface area contributed by atoms with Gasteiger partial charge in [-0.15, -0.1) is 0 Å². The standard InChI is InChI=1S/C30H24BNO/c1-18-8-12-26-25(14-18)31-24-11-10-22(21-7-5-6-20(15-21)17-32)16-23(24)30(3,4)28-19(2)9-13-27(33-26)29(28)31/h5-16H,1-4H3. The summed E-state index contributed by atoms with van der Waals surface area (Å²) < 4.78 is 6.43. The second kappa shape index (κ2) is 6.86. The predicted molar refractivity (Wildman–Crippen MR) is 136 cm³/mol. The molecule has 0 bridgehead atoms. The Kier molecular flexibility index (Phi) is 4.14. The highest BCUT2D eigenvalue weighted by Crippen LogP contribution is 2.41. The molecule has 4 aromatic rings. The zero-order valence-corrected chi connectivity index (χ0v) is 19.4. The van der Waals surface area contributed by atoms with Crippen LogP contribution in [0, 0.1) is 25.2 Å². The molecule has 0 aliphatic carbocycles. The first kappa shape index (κ1) is 19.9. The lowest BCUT2D eigenvalue weighted by atomic mass is 9.30. The summed E-state index contributed by atoms with van der Waals surface area (Å²) in [5.74, 6) is 1.92. The molecule has 0 fully saturated rings. The van der Waals surface area contributed by atoms with E-state index in [1.165, 1.54) is 38.6 Å². The Morgan fingerprint density at radius 1 is 0.818 bits per heavy atom. The molecule has 3 heteroatoms. The van der Waals surface area contributed by atoms with Gasteiger partial charge in [0.05, 0.1) is 11.6 Å². The number of aryl methyl sites for hydroxylation is 2. The van der Waals surface area contributed by atoms with Crippen LogP contribution < -0.4 is 21.1 Å². The monoisotopic (exact) mass is 425 g/mol. The summed E-state index contributed by atoms with van der Waals surface area (Å²) >= 11 is 0. The molecule has 0 saturated heterocycles. The van der Waals surface area contributed by atoms with Crippen molar-refractivity contribution in [2.75, 3.05) is 0 Å². The van der Waals surface area contributed by atoms with Crippen LogP contribution in [-0.2, 0) is 5.41 Å². The van der Waals surface area contributed by atoms with Crippen molar-refractivity contribution in [2.45, 2.75) is 33.1 Å². The molecule has 0 atom stereocenters. The third-order valence-corrected chi connectivity index (χ3v) is 7.39. The molecule has 4 aromatic carbocycles. The minimum Gasteiger partial charge on any atom is -0.458 e. The number of hydrogen-bond acceptors (Lipinski definition) is 2. The number of fused-ring (bicyclic) bond motifs is 4. The maximum atomic E-state index is 9.38. The summed E-state index contributed by atoms with van der Waals surface area (Å²) in [6.45, 7) is 9.16. The van der Waals surface area contributed by atoms with E-state index in [1.54, 1.807) is 0 Å². The summed E-state index contributed by atoms with van der Waals surface area (Å²) in [5, 5.41) is 9.38. The Bertz CT molecular complexity index is 1510.